The third-order valence-electron chi connectivity index (χ3n) is 5.13. The van der Waals surface area contributed by atoms with E-state index in [-0.39, 0.29) is 24.1 Å². The molecule has 134 valence electrons. The first-order valence-corrected chi connectivity index (χ1v) is 8.59. The molecule has 0 unspecified atom stereocenters. The van der Waals surface area contributed by atoms with Gasteiger partial charge in [-0.15, -0.1) is 0 Å². The summed E-state index contributed by atoms with van der Waals surface area (Å²) in [5.74, 6) is -1.28. The van der Waals surface area contributed by atoms with Gasteiger partial charge in [0, 0.05) is 5.69 Å². The number of benzene rings is 1. The number of rotatable bonds is 4. The van der Waals surface area contributed by atoms with Gasteiger partial charge >= 0.3 is 6.03 Å². The number of imide groups is 1. The molecule has 0 bridgehead atoms. The average Bonchev–Trinajstić information content (AvgIpc) is 2.80. The second kappa shape index (κ2) is 6.82. The lowest BCUT2D eigenvalue weighted by atomic mass is 9.75. The molecule has 1 saturated carbocycles. The van der Waals surface area contributed by atoms with E-state index < -0.39 is 23.3 Å². The lowest BCUT2D eigenvalue weighted by molar-refractivity contribution is -0.135. The summed E-state index contributed by atoms with van der Waals surface area (Å²) in [5.41, 5.74) is -0.663. The zero-order chi connectivity index (χ0) is 18.0. The van der Waals surface area contributed by atoms with E-state index >= 15 is 0 Å². The molecule has 1 aliphatic carbocycles. The third-order valence-corrected chi connectivity index (χ3v) is 5.13. The summed E-state index contributed by atoms with van der Waals surface area (Å²) >= 11 is 0. The van der Waals surface area contributed by atoms with Gasteiger partial charge < -0.3 is 10.6 Å². The van der Waals surface area contributed by atoms with E-state index in [4.69, 9.17) is 0 Å². The molecule has 3 rings (SSSR count). The molecule has 7 heteroatoms. The normalized spacial score (nSPS) is 24.3. The van der Waals surface area contributed by atoms with Gasteiger partial charge in [-0.25, -0.2) is 9.18 Å². The molecule has 1 aromatic carbocycles. The van der Waals surface area contributed by atoms with E-state index in [2.05, 4.69) is 10.6 Å². The molecule has 1 aliphatic heterocycles. The van der Waals surface area contributed by atoms with Crippen LogP contribution in [-0.2, 0) is 9.59 Å². The third kappa shape index (κ3) is 3.50. The van der Waals surface area contributed by atoms with Crippen LogP contribution in [-0.4, -0.2) is 34.8 Å². The van der Waals surface area contributed by atoms with Crippen LogP contribution in [0.1, 0.15) is 39.0 Å². The Morgan fingerprint density at radius 2 is 2.04 bits per heavy atom. The number of halogens is 1. The lowest BCUT2D eigenvalue weighted by Gasteiger charge is -2.34. The molecule has 1 aromatic rings. The van der Waals surface area contributed by atoms with E-state index in [9.17, 15) is 18.8 Å². The van der Waals surface area contributed by atoms with E-state index in [1.54, 1.807) is 13.0 Å². The smallest absolute Gasteiger partial charge is 0.324 e. The highest BCUT2D eigenvalue weighted by molar-refractivity contribution is 6.10. The topological polar surface area (TPSA) is 78.5 Å². The number of urea groups is 1. The summed E-state index contributed by atoms with van der Waals surface area (Å²) in [7, 11) is 0. The summed E-state index contributed by atoms with van der Waals surface area (Å²) in [4.78, 5) is 38.1. The maximum atomic E-state index is 13.2. The Labute approximate surface area is 145 Å². The summed E-state index contributed by atoms with van der Waals surface area (Å²) in [6.45, 7) is 1.36. The average molecular weight is 347 g/mol. The second-order valence-corrected chi connectivity index (χ2v) is 6.92. The number of hydrogen-bond donors (Lipinski definition) is 2. The standard InChI is InChI=1S/C18H22FN3O3/c1-18(12-6-3-2-4-7-12)16(24)22(17(25)21-18)11-15(23)20-14-9-5-8-13(19)10-14/h5,8-10,12H,2-4,6-7,11H2,1H3,(H,20,23)(H,21,25)/t18-/m1/s1. The minimum atomic E-state index is -0.948. The van der Waals surface area contributed by atoms with Gasteiger partial charge in [0.05, 0.1) is 0 Å². The number of hydrogen-bond acceptors (Lipinski definition) is 3. The zero-order valence-electron chi connectivity index (χ0n) is 14.2. The molecule has 0 spiro atoms. The van der Waals surface area contributed by atoms with Crippen molar-refractivity contribution in [2.45, 2.75) is 44.6 Å². The summed E-state index contributed by atoms with van der Waals surface area (Å²) < 4.78 is 13.2. The minimum absolute atomic E-state index is 0.0916. The Morgan fingerprint density at radius 1 is 1.32 bits per heavy atom. The first kappa shape index (κ1) is 17.4. The molecular formula is C18H22FN3O3. The SMILES string of the molecule is C[C@]1(C2CCCCC2)NC(=O)N(CC(=O)Nc2cccc(F)c2)C1=O. The Bertz CT molecular complexity index is 703. The summed E-state index contributed by atoms with van der Waals surface area (Å²) in [6.07, 6.45) is 5.03. The predicted molar refractivity (Wildman–Crippen MR) is 90.3 cm³/mol. The number of nitrogens with one attached hydrogen (secondary N) is 2. The molecule has 2 aliphatic rings. The Balaban J connectivity index is 1.67. The van der Waals surface area contributed by atoms with Gasteiger partial charge in [-0.05, 0) is 43.9 Å². The van der Waals surface area contributed by atoms with Crippen molar-refractivity contribution in [3.8, 4) is 0 Å². The number of carbonyl (C=O) groups is 3. The van der Waals surface area contributed by atoms with Gasteiger partial charge in [0.1, 0.15) is 17.9 Å². The van der Waals surface area contributed by atoms with Crippen LogP contribution in [0.25, 0.3) is 0 Å². The molecule has 1 heterocycles. The fraction of sp³-hybridized carbons (Fsp3) is 0.500. The second-order valence-electron chi connectivity index (χ2n) is 6.92. The number of nitrogens with zero attached hydrogens (tertiary/aromatic N) is 1. The first-order chi connectivity index (χ1) is 11.9. The quantitative estimate of drug-likeness (QED) is 0.822. The summed E-state index contributed by atoms with van der Waals surface area (Å²) in [6, 6.07) is 4.91. The highest BCUT2D eigenvalue weighted by atomic mass is 19.1. The van der Waals surface area contributed by atoms with E-state index in [0.717, 1.165) is 37.0 Å². The van der Waals surface area contributed by atoms with Crippen LogP contribution in [0, 0.1) is 11.7 Å². The van der Waals surface area contributed by atoms with Crippen LogP contribution in [0.15, 0.2) is 24.3 Å². The monoisotopic (exact) mass is 347 g/mol. The van der Waals surface area contributed by atoms with Gasteiger partial charge in [-0.2, -0.15) is 0 Å². The largest absolute Gasteiger partial charge is 0.325 e. The van der Waals surface area contributed by atoms with Crippen molar-refractivity contribution in [1.82, 2.24) is 10.2 Å². The highest BCUT2D eigenvalue weighted by Crippen LogP contribution is 2.36. The maximum absolute atomic E-state index is 13.2. The van der Waals surface area contributed by atoms with Crippen LogP contribution in [0.2, 0.25) is 0 Å². The molecule has 0 radical (unpaired) electrons. The molecule has 2 N–H and O–H groups in total. The van der Waals surface area contributed by atoms with Gasteiger partial charge in [0.2, 0.25) is 5.91 Å². The Hall–Kier alpha value is -2.44. The fourth-order valence-corrected chi connectivity index (χ4v) is 3.73. The van der Waals surface area contributed by atoms with Crippen LogP contribution in [0.3, 0.4) is 0 Å². The van der Waals surface area contributed by atoms with Gasteiger partial charge in [-0.1, -0.05) is 25.3 Å². The van der Waals surface area contributed by atoms with E-state index in [0.29, 0.717) is 0 Å². The molecule has 25 heavy (non-hydrogen) atoms. The van der Waals surface area contributed by atoms with Crippen molar-refractivity contribution in [3.05, 3.63) is 30.1 Å². The van der Waals surface area contributed by atoms with Crippen molar-refractivity contribution in [3.63, 3.8) is 0 Å². The van der Waals surface area contributed by atoms with Crippen LogP contribution in [0.5, 0.6) is 0 Å². The van der Waals surface area contributed by atoms with Crippen LogP contribution < -0.4 is 10.6 Å². The minimum Gasteiger partial charge on any atom is -0.324 e. The molecule has 1 saturated heterocycles. The van der Waals surface area contributed by atoms with Crippen molar-refractivity contribution >= 4 is 23.5 Å². The number of anilines is 1. The maximum Gasteiger partial charge on any atom is 0.325 e. The van der Waals surface area contributed by atoms with Crippen LogP contribution in [0.4, 0.5) is 14.9 Å². The molecule has 2 fully saturated rings. The molecule has 0 aromatic heterocycles. The number of carbonyl (C=O) groups excluding carboxylic acids is 3. The van der Waals surface area contributed by atoms with Gasteiger partial charge in [0.15, 0.2) is 0 Å². The molecule has 4 amide bonds. The molecular weight excluding hydrogens is 325 g/mol. The van der Waals surface area contributed by atoms with Crippen molar-refractivity contribution in [2.75, 3.05) is 11.9 Å². The zero-order valence-corrected chi connectivity index (χ0v) is 14.2. The molecule has 1 atom stereocenters. The van der Waals surface area contributed by atoms with Crippen molar-refractivity contribution in [1.29, 1.82) is 0 Å². The van der Waals surface area contributed by atoms with Crippen molar-refractivity contribution < 1.29 is 18.8 Å². The van der Waals surface area contributed by atoms with Gasteiger partial charge in [0.25, 0.3) is 5.91 Å². The highest BCUT2D eigenvalue weighted by Gasteiger charge is 2.52. The van der Waals surface area contributed by atoms with Gasteiger partial charge in [-0.3, -0.25) is 14.5 Å². The van der Waals surface area contributed by atoms with E-state index in [1.807, 2.05) is 0 Å². The first-order valence-electron chi connectivity index (χ1n) is 8.59. The van der Waals surface area contributed by atoms with E-state index in [1.165, 1.54) is 18.2 Å². The Morgan fingerprint density at radius 3 is 2.72 bits per heavy atom. The summed E-state index contributed by atoms with van der Waals surface area (Å²) in [5, 5.41) is 5.28. The number of amides is 4. The Kier molecular flexibility index (Phi) is 4.74. The fourth-order valence-electron chi connectivity index (χ4n) is 3.73. The lowest BCUT2D eigenvalue weighted by Crippen LogP contribution is -2.51. The van der Waals surface area contributed by atoms with Crippen molar-refractivity contribution in [2.24, 2.45) is 5.92 Å². The van der Waals surface area contributed by atoms with Crippen LogP contribution >= 0.6 is 0 Å². The predicted octanol–water partition coefficient (Wildman–Crippen LogP) is 2.66. The molecule has 6 nitrogen and oxygen atoms in total.